The Balaban J connectivity index is 3.99. The molecule has 0 aromatic rings. The number of hydrogen-bond donors (Lipinski definition) is 5. The van der Waals surface area contributed by atoms with Crippen LogP contribution in [0.1, 0.15) is 13.3 Å². The first kappa shape index (κ1) is 11.8. The van der Waals surface area contributed by atoms with Gasteiger partial charge in [0.1, 0.15) is 12.2 Å². The third-order valence-corrected chi connectivity index (χ3v) is 1.80. The lowest BCUT2D eigenvalue weighted by molar-refractivity contribution is -0.102. The quantitative estimate of drug-likeness (QED) is 0.329. The molecule has 0 bridgehead atoms. The van der Waals surface area contributed by atoms with Crippen molar-refractivity contribution in [2.75, 3.05) is 6.54 Å². The summed E-state index contributed by atoms with van der Waals surface area (Å²) < 4.78 is 0. The summed E-state index contributed by atoms with van der Waals surface area (Å²) in [6, 6.07) is 0. The molecule has 0 heterocycles. The van der Waals surface area contributed by atoms with Gasteiger partial charge in [-0.2, -0.15) is 0 Å². The van der Waals surface area contributed by atoms with Crippen molar-refractivity contribution in [2.45, 2.75) is 37.8 Å². The van der Waals surface area contributed by atoms with Gasteiger partial charge in [0.2, 0.25) is 0 Å². The third kappa shape index (κ3) is 3.04. The molecule has 0 unspecified atom stereocenters. The predicted molar refractivity (Wildman–Crippen MR) is 43.4 cm³/mol. The van der Waals surface area contributed by atoms with Gasteiger partial charge in [-0.25, -0.2) is 0 Å². The summed E-state index contributed by atoms with van der Waals surface area (Å²) in [6.45, 7) is 1.52. The zero-order valence-electron chi connectivity index (χ0n) is 7.09. The maximum Gasteiger partial charge on any atom is 0.109 e. The molecule has 0 aliphatic carbocycles. The van der Waals surface area contributed by atoms with E-state index in [0.717, 1.165) is 0 Å². The Labute approximate surface area is 71.4 Å². The molecule has 5 heteroatoms. The van der Waals surface area contributed by atoms with Crippen molar-refractivity contribution >= 4 is 0 Å². The Hall–Kier alpha value is -0.200. The standard InChI is InChI=1S/C7H17NO4/c1-2-4(9)6(11)7(12)5(10)3-8/h4-7,9-12H,2-3,8H2,1H3/t4-,5+,6-,7-/m1/s1. The third-order valence-electron chi connectivity index (χ3n) is 1.80. The van der Waals surface area contributed by atoms with Gasteiger partial charge in [0.15, 0.2) is 0 Å². The van der Waals surface area contributed by atoms with E-state index in [-0.39, 0.29) is 6.54 Å². The van der Waals surface area contributed by atoms with Crippen molar-refractivity contribution in [1.29, 1.82) is 0 Å². The van der Waals surface area contributed by atoms with Gasteiger partial charge in [-0.05, 0) is 6.42 Å². The second-order valence-electron chi connectivity index (χ2n) is 2.76. The molecular formula is C7H17NO4. The summed E-state index contributed by atoms with van der Waals surface area (Å²) in [4.78, 5) is 0. The van der Waals surface area contributed by atoms with E-state index >= 15 is 0 Å². The number of aliphatic hydroxyl groups is 4. The van der Waals surface area contributed by atoms with Gasteiger partial charge in [0.05, 0.1) is 12.2 Å². The highest BCUT2D eigenvalue weighted by molar-refractivity contribution is 4.80. The fourth-order valence-corrected chi connectivity index (χ4v) is 0.836. The van der Waals surface area contributed by atoms with Gasteiger partial charge in [0, 0.05) is 6.54 Å². The van der Waals surface area contributed by atoms with Crippen molar-refractivity contribution in [2.24, 2.45) is 5.73 Å². The van der Waals surface area contributed by atoms with E-state index in [1.165, 1.54) is 0 Å². The largest absolute Gasteiger partial charge is 0.390 e. The number of hydrogen-bond acceptors (Lipinski definition) is 5. The smallest absolute Gasteiger partial charge is 0.109 e. The molecule has 0 radical (unpaired) electrons. The van der Waals surface area contributed by atoms with Crippen LogP contribution < -0.4 is 5.73 Å². The number of rotatable bonds is 5. The van der Waals surface area contributed by atoms with Crippen LogP contribution in [0.25, 0.3) is 0 Å². The van der Waals surface area contributed by atoms with Gasteiger partial charge in [-0.3, -0.25) is 0 Å². The van der Waals surface area contributed by atoms with Crippen molar-refractivity contribution in [1.82, 2.24) is 0 Å². The fourth-order valence-electron chi connectivity index (χ4n) is 0.836. The molecule has 0 fully saturated rings. The Morgan fingerprint density at radius 1 is 1.00 bits per heavy atom. The average molecular weight is 179 g/mol. The molecule has 0 saturated carbocycles. The first-order chi connectivity index (χ1) is 5.54. The summed E-state index contributed by atoms with van der Waals surface area (Å²) in [6.07, 6.45) is -4.63. The summed E-state index contributed by atoms with van der Waals surface area (Å²) in [5.74, 6) is 0. The lowest BCUT2D eigenvalue weighted by Crippen LogP contribution is -2.46. The maximum absolute atomic E-state index is 9.17. The van der Waals surface area contributed by atoms with Crippen molar-refractivity contribution in [3.05, 3.63) is 0 Å². The molecule has 74 valence electrons. The van der Waals surface area contributed by atoms with E-state index in [1.54, 1.807) is 6.92 Å². The molecule has 12 heavy (non-hydrogen) atoms. The van der Waals surface area contributed by atoms with Gasteiger partial charge in [0.25, 0.3) is 0 Å². The Bertz CT molecular complexity index is 108. The average Bonchev–Trinajstić information content (AvgIpc) is 2.12. The first-order valence-electron chi connectivity index (χ1n) is 3.96. The monoisotopic (exact) mass is 179 g/mol. The lowest BCUT2D eigenvalue weighted by atomic mass is 10.0. The second kappa shape index (κ2) is 5.45. The van der Waals surface area contributed by atoms with Gasteiger partial charge in [-0.1, -0.05) is 6.92 Å². The molecule has 0 saturated heterocycles. The van der Waals surface area contributed by atoms with E-state index in [2.05, 4.69) is 0 Å². The Morgan fingerprint density at radius 2 is 1.42 bits per heavy atom. The van der Waals surface area contributed by atoms with Gasteiger partial charge in [-0.15, -0.1) is 0 Å². The van der Waals surface area contributed by atoms with Crippen LogP contribution in [0.4, 0.5) is 0 Å². The van der Waals surface area contributed by atoms with Gasteiger partial charge >= 0.3 is 0 Å². The predicted octanol–water partition coefficient (Wildman–Crippen LogP) is -2.20. The summed E-state index contributed by atoms with van der Waals surface area (Å²) >= 11 is 0. The lowest BCUT2D eigenvalue weighted by Gasteiger charge is -2.24. The van der Waals surface area contributed by atoms with Crippen molar-refractivity contribution < 1.29 is 20.4 Å². The first-order valence-corrected chi connectivity index (χ1v) is 3.96. The topological polar surface area (TPSA) is 107 Å². The van der Waals surface area contributed by atoms with E-state index in [9.17, 15) is 5.11 Å². The summed E-state index contributed by atoms with van der Waals surface area (Å²) in [5.41, 5.74) is 5.05. The molecule has 5 nitrogen and oxygen atoms in total. The molecule has 4 atom stereocenters. The normalized spacial score (nSPS) is 21.5. The minimum atomic E-state index is -1.38. The van der Waals surface area contributed by atoms with Crippen LogP contribution in [-0.2, 0) is 0 Å². The highest BCUT2D eigenvalue weighted by Gasteiger charge is 2.28. The molecule has 0 rings (SSSR count). The zero-order chi connectivity index (χ0) is 9.72. The summed E-state index contributed by atoms with van der Waals surface area (Å²) in [7, 11) is 0. The SMILES string of the molecule is CC[C@@H](O)[C@@H](O)[C@H](O)[C@@H](O)CN. The van der Waals surface area contributed by atoms with Crippen molar-refractivity contribution in [3.63, 3.8) is 0 Å². The van der Waals surface area contributed by atoms with E-state index in [1.807, 2.05) is 0 Å². The highest BCUT2D eigenvalue weighted by Crippen LogP contribution is 2.06. The fraction of sp³-hybridized carbons (Fsp3) is 1.00. The Morgan fingerprint density at radius 3 is 1.75 bits per heavy atom. The van der Waals surface area contributed by atoms with Crippen molar-refractivity contribution in [3.8, 4) is 0 Å². The van der Waals surface area contributed by atoms with Crippen LogP contribution in [0.15, 0.2) is 0 Å². The summed E-state index contributed by atoms with van der Waals surface area (Å²) in [5, 5.41) is 36.4. The molecule has 0 aromatic heterocycles. The van der Waals surface area contributed by atoms with Crippen LogP contribution >= 0.6 is 0 Å². The van der Waals surface area contributed by atoms with Gasteiger partial charge < -0.3 is 26.2 Å². The van der Waals surface area contributed by atoms with Crippen LogP contribution in [0.5, 0.6) is 0 Å². The van der Waals surface area contributed by atoms with Crippen LogP contribution in [0.3, 0.4) is 0 Å². The second-order valence-corrected chi connectivity index (χ2v) is 2.76. The Kier molecular flexibility index (Phi) is 5.36. The minimum Gasteiger partial charge on any atom is -0.390 e. The molecule has 0 spiro atoms. The highest BCUT2D eigenvalue weighted by atomic mass is 16.4. The molecule has 0 aromatic carbocycles. The van der Waals surface area contributed by atoms with E-state index in [0.29, 0.717) is 6.42 Å². The van der Waals surface area contributed by atoms with Crippen LogP contribution in [0.2, 0.25) is 0 Å². The van der Waals surface area contributed by atoms with E-state index in [4.69, 9.17) is 21.1 Å². The molecule has 0 aliphatic heterocycles. The van der Waals surface area contributed by atoms with E-state index < -0.39 is 24.4 Å². The number of nitrogens with two attached hydrogens (primary N) is 1. The zero-order valence-corrected chi connectivity index (χ0v) is 7.09. The maximum atomic E-state index is 9.17. The minimum absolute atomic E-state index is 0.144. The molecule has 0 aliphatic rings. The van der Waals surface area contributed by atoms with Crippen LogP contribution in [0, 0.1) is 0 Å². The molecule has 0 amide bonds. The molecule has 6 N–H and O–H groups in total. The molecular weight excluding hydrogens is 162 g/mol. The number of aliphatic hydroxyl groups excluding tert-OH is 4. The van der Waals surface area contributed by atoms with Crippen LogP contribution in [-0.4, -0.2) is 51.4 Å².